The van der Waals surface area contributed by atoms with E-state index in [1.54, 1.807) is 7.11 Å². The van der Waals surface area contributed by atoms with Crippen molar-refractivity contribution in [2.45, 2.75) is 32.9 Å². The molecular weight excluding hydrogens is 252 g/mol. The number of ether oxygens (including phenoxy) is 1. The predicted molar refractivity (Wildman–Crippen MR) is 84.3 cm³/mol. The van der Waals surface area contributed by atoms with Crippen molar-refractivity contribution in [1.29, 1.82) is 0 Å². The molecule has 0 saturated carbocycles. The van der Waals surface area contributed by atoms with E-state index in [4.69, 9.17) is 4.74 Å². The molecule has 0 heterocycles. The summed E-state index contributed by atoms with van der Waals surface area (Å²) in [5.74, 6) is 0. The number of anilines is 1. The quantitative estimate of drug-likeness (QED) is 0.679. The third kappa shape index (κ3) is 5.49. The predicted octanol–water partition coefficient (Wildman–Crippen LogP) is 1.94. The molecule has 0 aliphatic heterocycles. The summed E-state index contributed by atoms with van der Waals surface area (Å²) in [4.78, 5) is 2.07. The summed E-state index contributed by atoms with van der Waals surface area (Å²) < 4.78 is 4.96. The zero-order chi connectivity index (χ0) is 15.0. The van der Waals surface area contributed by atoms with E-state index < -0.39 is 6.10 Å². The topological polar surface area (TPSA) is 44.7 Å². The van der Waals surface area contributed by atoms with Gasteiger partial charge in [0.25, 0.3) is 0 Å². The number of aliphatic hydroxyl groups excluding tert-OH is 1. The number of hydrogen-bond acceptors (Lipinski definition) is 4. The number of methoxy groups -OCH3 is 1. The zero-order valence-corrected chi connectivity index (χ0v) is 13.1. The van der Waals surface area contributed by atoms with Crippen LogP contribution in [0.4, 0.5) is 5.69 Å². The molecule has 0 radical (unpaired) electrons. The van der Waals surface area contributed by atoms with Crippen molar-refractivity contribution in [3.63, 3.8) is 0 Å². The van der Waals surface area contributed by atoms with Crippen LogP contribution in [0.2, 0.25) is 0 Å². The minimum absolute atomic E-state index is 0.364. The molecule has 1 rings (SSSR count). The van der Waals surface area contributed by atoms with E-state index in [1.807, 2.05) is 7.05 Å². The van der Waals surface area contributed by atoms with E-state index in [-0.39, 0.29) is 0 Å². The monoisotopic (exact) mass is 280 g/mol. The van der Waals surface area contributed by atoms with E-state index in [0.717, 1.165) is 25.2 Å². The lowest BCUT2D eigenvalue weighted by atomic mass is 10.1. The molecular formula is C16H28N2O2. The molecule has 4 nitrogen and oxygen atoms in total. The standard InChI is InChI=1S/C16H28N2O2/c1-5-8-17-10-14-6-7-16(13(2)9-14)18(3)11-15(19)12-20-4/h6-7,9,15,17,19H,5,8,10-12H2,1-4H3. The number of nitrogens with zero attached hydrogens (tertiary/aromatic N) is 1. The van der Waals surface area contributed by atoms with Gasteiger partial charge in [0.1, 0.15) is 0 Å². The molecule has 1 atom stereocenters. The number of nitrogens with one attached hydrogen (secondary N) is 1. The normalized spacial score (nSPS) is 12.4. The Morgan fingerprint density at radius 3 is 2.75 bits per heavy atom. The van der Waals surface area contributed by atoms with Crippen LogP contribution in [0.5, 0.6) is 0 Å². The van der Waals surface area contributed by atoms with Crippen LogP contribution in [-0.2, 0) is 11.3 Å². The van der Waals surface area contributed by atoms with Gasteiger partial charge in [-0.1, -0.05) is 19.1 Å². The zero-order valence-electron chi connectivity index (χ0n) is 13.1. The minimum Gasteiger partial charge on any atom is -0.389 e. The molecule has 0 aliphatic carbocycles. The van der Waals surface area contributed by atoms with Crippen molar-refractivity contribution in [2.75, 3.05) is 38.8 Å². The molecule has 114 valence electrons. The molecule has 2 N–H and O–H groups in total. The van der Waals surface area contributed by atoms with E-state index in [2.05, 4.69) is 42.3 Å². The fourth-order valence-electron chi connectivity index (χ4n) is 2.32. The number of aliphatic hydroxyl groups is 1. The fourth-order valence-corrected chi connectivity index (χ4v) is 2.32. The van der Waals surface area contributed by atoms with Crippen molar-refractivity contribution >= 4 is 5.69 Å². The third-order valence-electron chi connectivity index (χ3n) is 3.27. The van der Waals surface area contributed by atoms with Crippen molar-refractivity contribution < 1.29 is 9.84 Å². The van der Waals surface area contributed by atoms with E-state index >= 15 is 0 Å². The molecule has 0 saturated heterocycles. The number of benzene rings is 1. The molecule has 1 unspecified atom stereocenters. The molecule has 0 fully saturated rings. The second-order valence-corrected chi connectivity index (χ2v) is 5.29. The van der Waals surface area contributed by atoms with Crippen molar-refractivity contribution in [3.05, 3.63) is 29.3 Å². The average molecular weight is 280 g/mol. The van der Waals surface area contributed by atoms with Crippen molar-refractivity contribution in [3.8, 4) is 0 Å². The lowest BCUT2D eigenvalue weighted by molar-refractivity contribution is 0.0695. The Kier molecular flexibility index (Phi) is 7.59. The smallest absolute Gasteiger partial charge is 0.0947 e. The van der Waals surface area contributed by atoms with Crippen LogP contribution < -0.4 is 10.2 Å². The first-order valence-corrected chi connectivity index (χ1v) is 7.26. The summed E-state index contributed by atoms with van der Waals surface area (Å²) in [6, 6.07) is 6.47. The number of hydrogen-bond donors (Lipinski definition) is 2. The van der Waals surface area contributed by atoms with Gasteiger partial charge in [-0.2, -0.15) is 0 Å². The van der Waals surface area contributed by atoms with Gasteiger partial charge in [-0.3, -0.25) is 0 Å². The molecule has 4 heteroatoms. The van der Waals surface area contributed by atoms with Crippen molar-refractivity contribution in [1.82, 2.24) is 5.32 Å². The highest BCUT2D eigenvalue weighted by molar-refractivity contribution is 5.54. The van der Waals surface area contributed by atoms with E-state index in [1.165, 1.54) is 11.1 Å². The van der Waals surface area contributed by atoms with Crippen LogP contribution >= 0.6 is 0 Å². The summed E-state index contributed by atoms with van der Waals surface area (Å²) in [6.45, 7) is 7.17. The fraction of sp³-hybridized carbons (Fsp3) is 0.625. The van der Waals surface area contributed by atoms with Gasteiger partial charge in [-0.25, -0.2) is 0 Å². The lowest BCUT2D eigenvalue weighted by Gasteiger charge is -2.24. The maximum Gasteiger partial charge on any atom is 0.0947 e. The summed E-state index contributed by atoms with van der Waals surface area (Å²) in [7, 11) is 3.60. The van der Waals surface area contributed by atoms with Gasteiger partial charge < -0.3 is 20.1 Å². The van der Waals surface area contributed by atoms with Gasteiger partial charge in [-0.15, -0.1) is 0 Å². The highest BCUT2D eigenvalue weighted by Gasteiger charge is 2.10. The molecule has 0 spiro atoms. The molecule has 0 aliphatic rings. The molecule has 0 amide bonds. The maximum absolute atomic E-state index is 9.79. The highest BCUT2D eigenvalue weighted by atomic mass is 16.5. The van der Waals surface area contributed by atoms with E-state index in [0.29, 0.717) is 13.2 Å². The Morgan fingerprint density at radius 1 is 1.40 bits per heavy atom. The Morgan fingerprint density at radius 2 is 2.15 bits per heavy atom. The van der Waals surface area contributed by atoms with Crippen LogP contribution in [-0.4, -0.2) is 45.1 Å². The third-order valence-corrected chi connectivity index (χ3v) is 3.27. The maximum atomic E-state index is 9.79. The first-order valence-electron chi connectivity index (χ1n) is 7.26. The van der Waals surface area contributed by atoms with Gasteiger partial charge in [0.05, 0.1) is 12.7 Å². The summed E-state index contributed by atoms with van der Waals surface area (Å²) >= 11 is 0. The van der Waals surface area contributed by atoms with Gasteiger partial charge in [-0.05, 0) is 37.1 Å². The molecule has 20 heavy (non-hydrogen) atoms. The lowest BCUT2D eigenvalue weighted by Crippen LogP contribution is -2.32. The summed E-state index contributed by atoms with van der Waals surface area (Å²) in [5.41, 5.74) is 3.68. The summed E-state index contributed by atoms with van der Waals surface area (Å²) in [6.07, 6.45) is 0.687. The Bertz CT molecular complexity index is 396. The highest BCUT2D eigenvalue weighted by Crippen LogP contribution is 2.20. The first-order chi connectivity index (χ1) is 9.58. The molecule has 1 aromatic carbocycles. The van der Waals surface area contributed by atoms with Crippen LogP contribution in [0.25, 0.3) is 0 Å². The van der Waals surface area contributed by atoms with Gasteiger partial charge in [0.15, 0.2) is 0 Å². The second-order valence-electron chi connectivity index (χ2n) is 5.29. The number of rotatable bonds is 9. The van der Waals surface area contributed by atoms with Gasteiger partial charge in [0, 0.05) is 32.9 Å². The first kappa shape index (κ1) is 17.0. The van der Waals surface area contributed by atoms with Crippen LogP contribution in [0.3, 0.4) is 0 Å². The van der Waals surface area contributed by atoms with E-state index in [9.17, 15) is 5.11 Å². The van der Waals surface area contributed by atoms with Gasteiger partial charge >= 0.3 is 0 Å². The largest absolute Gasteiger partial charge is 0.389 e. The van der Waals surface area contributed by atoms with Crippen molar-refractivity contribution in [2.24, 2.45) is 0 Å². The molecule has 0 aromatic heterocycles. The van der Waals surface area contributed by atoms with Gasteiger partial charge in [0.2, 0.25) is 0 Å². The summed E-state index contributed by atoms with van der Waals surface area (Å²) in [5, 5.41) is 13.2. The Labute approximate surface area is 122 Å². The average Bonchev–Trinajstić information content (AvgIpc) is 2.39. The van der Waals surface area contributed by atoms with Crippen LogP contribution in [0, 0.1) is 6.92 Å². The minimum atomic E-state index is -0.463. The number of aryl methyl sites for hydroxylation is 1. The number of likely N-dealkylation sites (N-methyl/N-ethyl adjacent to an activating group) is 1. The Balaban J connectivity index is 2.62. The van der Waals surface area contributed by atoms with Crippen LogP contribution in [0.15, 0.2) is 18.2 Å². The molecule has 1 aromatic rings. The SMILES string of the molecule is CCCNCc1ccc(N(C)CC(O)COC)c(C)c1. The Hall–Kier alpha value is -1.10. The molecule has 0 bridgehead atoms. The van der Waals surface area contributed by atoms with Crippen LogP contribution in [0.1, 0.15) is 24.5 Å². The second kappa shape index (κ2) is 8.95.